The molecule has 0 atom stereocenters. The predicted octanol–water partition coefficient (Wildman–Crippen LogP) is 32.2. The van der Waals surface area contributed by atoms with Crippen molar-refractivity contribution >= 4 is 101 Å². The van der Waals surface area contributed by atoms with Gasteiger partial charge in [-0.25, -0.2) is 0 Å². The highest BCUT2D eigenvalue weighted by atomic mass is 16.5. The van der Waals surface area contributed by atoms with E-state index in [-0.39, 0.29) is 91.0 Å². The van der Waals surface area contributed by atoms with Crippen LogP contribution in [0.2, 0.25) is 0 Å². The number of hydrogen-bond donors (Lipinski definition) is 0. The van der Waals surface area contributed by atoms with Gasteiger partial charge in [-0.2, -0.15) is 0 Å². The zero-order valence-corrected chi connectivity index (χ0v) is 75.6. The Hall–Kier alpha value is -17.5. The molecular weight excluding hydrogens is 1680 g/mol. The highest BCUT2D eigenvalue weighted by molar-refractivity contribution is 7.00. The summed E-state index contributed by atoms with van der Waals surface area (Å²) < 4.78 is 160. The van der Waals surface area contributed by atoms with Gasteiger partial charge in [0.25, 0.3) is 6.71 Å². The summed E-state index contributed by atoms with van der Waals surface area (Å²) >= 11 is 0. The van der Waals surface area contributed by atoms with Gasteiger partial charge >= 0.3 is 0 Å². The normalized spacial score (nSPS) is 15.2. The molecule has 0 saturated heterocycles. The third-order valence-electron chi connectivity index (χ3n) is 29.9. The number of benzene rings is 21. The summed E-state index contributed by atoms with van der Waals surface area (Å²) in [6.45, 7) is 5.81. The first-order chi connectivity index (χ1) is 74.4. The SMILES string of the molecule is [2H]c1c([2H])c([2H])c2c(c1[2H])c1c([2H])c(-c3ccccc3)c([2H])c([2H])c1n2-c1ccc2c(c1)N(c1ccc(-c3ccccc3)cc1-c1ccc3c(c1)C1(c4ccccc4O3)c3ccccc3-c3ccccc31)c1cc(C(C)(C)C)cc3c1B2c1ccc(-n2c4c([2H])c([2H])c([2H])c([2H])c4c4c([2H])c(-c5ccccc5)c([2H])c([2H])c42)cc1N3c1ccc(-c2ccccc2)cc1-c1ccc2c(c1)C1(c3ccccc3O2)c2ccccc2-c2ccccc21. The fourth-order valence-electron chi connectivity index (χ4n) is 23.8. The molecule has 0 fully saturated rings. The van der Waals surface area contributed by atoms with Crippen molar-refractivity contribution in [3.8, 4) is 123 Å². The smallest absolute Gasteiger partial charge is 0.252 e. The Morgan fingerprint density at radius 3 is 0.978 bits per heavy atom. The molecule has 2 spiro atoms. The van der Waals surface area contributed by atoms with E-state index < -0.39 is 71.3 Å². The maximum Gasteiger partial charge on any atom is 0.252 e. The summed E-state index contributed by atoms with van der Waals surface area (Å²) in [6.07, 6.45) is 0. The van der Waals surface area contributed by atoms with Crippen molar-refractivity contribution < 1.29 is 28.7 Å². The molecule has 0 N–H and O–H groups in total. The molecule has 4 aliphatic heterocycles. The average molecular weight is 1790 g/mol. The van der Waals surface area contributed by atoms with Crippen LogP contribution in [0.5, 0.6) is 23.0 Å². The summed E-state index contributed by atoms with van der Waals surface area (Å²) in [5, 5.41) is 0.162. The summed E-state index contributed by atoms with van der Waals surface area (Å²) in [5.41, 5.74) is 26.3. The first-order valence-electron chi connectivity index (χ1n) is 54.3. The molecule has 650 valence electrons. The van der Waals surface area contributed by atoms with Gasteiger partial charge in [0.15, 0.2) is 0 Å². The van der Waals surface area contributed by atoms with E-state index >= 15 is 0 Å². The Balaban J connectivity index is 0.767. The van der Waals surface area contributed by atoms with Gasteiger partial charge in [0.05, 0.1) is 63.5 Å². The largest absolute Gasteiger partial charge is 0.457 e. The molecule has 23 aromatic rings. The highest BCUT2D eigenvalue weighted by Crippen LogP contribution is 2.66. The average Bonchev–Trinajstić information content (AvgIpc) is 1.66. The van der Waals surface area contributed by atoms with Gasteiger partial charge in [0.2, 0.25) is 0 Å². The molecule has 7 heteroatoms. The van der Waals surface area contributed by atoms with Crippen LogP contribution in [-0.2, 0) is 16.2 Å². The Morgan fingerprint density at radius 2 is 0.583 bits per heavy atom. The van der Waals surface area contributed by atoms with Gasteiger partial charge in [0, 0.05) is 89.0 Å². The summed E-state index contributed by atoms with van der Waals surface area (Å²) in [6, 6.07) is 128. The maximum absolute atomic E-state index is 10.6. The van der Waals surface area contributed by atoms with Crippen LogP contribution in [0.15, 0.2) is 473 Å². The molecule has 6 nitrogen and oxygen atoms in total. The Kier molecular flexibility index (Phi) is 14.2. The first-order valence-corrected chi connectivity index (χ1v) is 47.3. The number of fused-ring (bicyclic) bond motifs is 28. The van der Waals surface area contributed by atoms with Gasteiger partial charge < -0.3 is 28.4 Å². The number of ether oxygens (including phenoxy) is 2. The first kappa shape index (κ1) is 66.0. The van der Waals surface area contributed by atoms with E-state index in [1.54, 1.807) is 57.7 Å². The van der Waals surface area contributed by atoms with Crippen LogP contribution >= 0.6 is 0 Å². The van der Waals surface area contributed by atoms with Crippen molar-refractivity contribution in [1.82, 2.24) is 9.13 Å². The summed E-state index contributed by atoms with van der Waals surface area (Å²) in [5.74, 6) is 2.82. The Labute approximate surface area is 826 Å². The zero-order chi connectivity index (χ0) is 104. The molecule has 2 aromatic heterocycles. The van der Waals surface area contributed by atoms with E-state index in [2.05, 4.69) is 285 Å². The molecule has 21 aromatic carbocycles. The van der Waals surface area contributed by atoms with Crippen LogP contribution in [0, 0.1) is 0 Å². The van der Waals surface area contributed by atoms with Crippen LogP contribution in [0.4, 0.5) is 34.1 Å². The van der Waals surface area contributed by atoms with Crippen LogP contribution in [0.3, 0.4) is 0 Å². The van der Waals surface area contributed by atoms with Crippen LogP contribution in [-0.4, -0.2) is 15.8 Å². The fraction of sp³-hybridized carbons (Fsp3) is 0.0455. The van der Waals surface area contributed by atoms with Crippen molar-refractivity contribution in [2.75, 3.05) is 9.80 Å². The van der Waals surface area contributed by atoms with Crippen LogP contribution in [0.1, 0.15) is 90.0 Å². The summed E-state index contributed by atoms with van der Waals surface area (Å²) in [7, 11) is 0. The zero-order valence-electron chi connectivity index (χ0n) is 89.6. The molecule has 29 rings (SSSR count). The summed E-state index contributed by atoms with van der Waals surface area (Å²) in [4.78, 5) is 4.71. The lowest BCUT2D eigenvalue weighted by atomic mass is 9.33. The number of nitrogens with zero attached hydrogens (tertiary/aromatic N) is 4. The lowest BCUT2D eigenvalue weighted by Gasteiger charge is -2.46. The predicted molar refractivity (Wildman–Crippen MR) is 575 cm³/mol. The molecule has 139 heavy (non-hydrogen) atoms. The standard InChI is InChI=1S/C132H87BN4O2/c1-130(2,3)92-78-123-129-124(79-92)137(118-67-57-87(83-34-10-5-11-35-83)73-102(118)91-61-71-128-112(77-91)132(110-51-27-31-55-126(110)139-128)107-48-24-18-42-97(107)98-43-19-25-49-108(98)132)122-81-94(135-116-53-29-21-45-100(116)104-75-89(59-69-120(104)135)85-38-14-7-15-39-85)63-65-114(122)133(129)113-64-62-93(134-115-52-28-20-44-99(115)103-74-88(58-68-119(103)134)84-36-12-6-13-37-84)80-121(113)136(123)117-66-56-86(82-32-8-4-9-33-82)72-101(117)90-60-70-127-111(76-90)131(109-50-26-30-54-125(109)138-127)105-46-22-16-40-95(105)96-41-17-23-47-106(96)131/h4-81H,1-3H3/i20D,21D,28D,29D,44D,45D,52D,53D,58D,59D,68D,69D,74D,75D. The van der Waals surface area contributed by atoms with Crippen molar-refractivity contribution in [3.63, 3.8) is 0 Å². The van der Waals surface area contributed by atoms with E-state index in [0.717, 1.165) is 156 Å². The van der Waals surface area contributed by atoms with Crippen molar-refractivity contribution in [1.29, 1.82) is 0 Å². The van der Waals surface area contributed by atoms with Crippen molar-refractivity contribution in [3.05, 3.63) is 523 Å². The van der Waals surface area contributed by atoms with Gasteiger partial charge in [-0.05, 0) is 261 Å². The Morgan fingerprint density at radius 1 is 0.245 bits per heavy atom. The third-order valence-corrected chi connectivity index (χ3v) is 29.9. The minimum Gasteiger partial charge on any atom is -0.457 e. The van der Waals surface area contributed by atoms with E-state index in [4.69, 9.17) is 9.47 Å². The molecule has 0 saturated carbocycles. The van der Waals surface area contributed by atoms with E-state index in [0.29, 0.717) is 56.8 Å². The van der Waals surface area contributed by atoms with E-state index in [9.17, 15) is 19.2 Å². The second kappa shape index (κ2) is 30.0. The Bertz CT molecular complexity index is 9440. The highest BCUT2D eigenvalue weighted by Gasteiger charge is 2.54. The van der Waals surface area contributed by atoms with Crippen LogP contribution in [0.25, 0.3) is 144 Å². The molecule has 0 bridgehead atoms. The van der Waals surface area contributed by atoms with Gasteiger partial charge in [0.1, 0.15) is 23.0 Å². The molecular formula is C132H87BN4O2. The molecule has 2 aliphatic carbocycles. The molecule has 6 aliphatic rings. The van der Waals surface area contributed by atoms with Crippen molar-refractivity contribution in [2.45, 2.75) is 37.0 Å². The third kappa shape index (κ3) is 11.4. The van der Waals surface area contributed by atoms with E-state index in [1.807, 2.05) is 84.9 Å². The topological polar surface area (TPSA) is 34.8 Å². The quantitative estimate of drug-likeness (QED) is 0.128. The molecule has 0 unspecified atom stereocenters. The number of anilines is 6. The molecule has 0 amide bonds. The van der Waals surface area contributed by atoms with Gasteiger partial charge in [-0.1, -0.05) is 360 Å². The number of aromatic nitrogens is 2. The lowest BCUT2D eigenvalue weighted by Crippen LogP contribution is -2.61. The second-order valence-corrected chi connectivity index (χ2v) is 38.1. The maximum atomic E-state index is 10.6. The number of rotatable bonds is 10. The lowest BCUT2D eigenvalue weighted by molar-refractivity contribution is 0.436. The fourth-order valence-corrected chi connectivity index (χ4v) is 23.8. The van der Waals surface area contributed by atoms with Crippen LogP contribution < -0.4 is 35.7 Å². The minimum atomic E-state index is -0.920. The minimum absolute atomic E-state index is 0.000856. The molecule has 6 heterocycles. The number of hydrogen-bond acceptors (Lipinski definition) is 4. The van der Waals surface area contributed by atoms with E-state index in [1.165, 1.54) is 0 Å². The van der Waals surface area contributed by atoms with Gasteiger partial charge in [-0.3, -0.25) is 0 Å². The monoisotopic (exact) mass is 1780 g/mol. The van der Waals surface area contributed by atoms with Gasteiger partial charge in [-0.15, -0.1) is 0 Å². The second-order valence-electron chi connectivity index (χ2n) is 38.1. The molecule has 0 radical (unpaired) electrons. The number of para-hydroxylation sites is 4. The van der Waals surface area contributed by atoms with Crippen molar-refractivity contribution in [2.24, 2.45) is 0 Å².